The van der Waals surface area contributed by atoms with Crippen LogP contribution in [0.25, 0.3) is 0 Å². The maximum Gasteiger partial charge on any atom is 0.0679 e. The molecule has 0 aromatic heterocycles. The molecule has 0 rings (SSSR count). The number of rotatable bonds is 5. The van der Waals surface area contributed by atoms with Crippen LogP contribution in [0.3, 0.4) is 0 Å². The molecule has 1 N–H and O–H groups in total. The summed E-state index contributed by atoms with van der Waals surface area (Å²) in [6.45, 7) is 6.74. The highest BCUT2D eigenvalue weighted by molar-refractivity contribution is 6.29. The molecule has 0 heterocycles. The smallest absolute Gasteiger partial charge is 0.0679 e. The maximum absolute atomic E-state index is 5.42. The first kappa shape index (κ1) is 8.95. The molecule has 0 spiro atoms. The van der Waals surface area contributed by atoms with Crippen LogP contribution in [0.15, 0.2) is 11.6 Å². The van der Waals surface area contributed by atoms with Gasteiger partial charge in [-0.2, -0.15) is 5.48 Å². The molecule has 2 nitrogen and oxygen atoms in total. The lowest BCUT2D eigenvalue weighted by Gasteiger charge is -2.00. The highest BCUT2D eigenvalue weighted by Crippen LogP contribution is 1.91. The third kappa shape index (κ3) is 7.95. The molecule has 3 heteroatoms. The van der Waals surface area contributed by atoms with Crippen molar-refractivity contribution in [2.75, 3.05) is 13.2 Å². The second-order valence-corrected chi connectivity index (χ2v) is 2.22. The highest BCUT2D eigenvalue weighted by Gasteiger charge is 1.85. The summed E-state index contributed by atoms with van der Waals surface area (Å²) in [6, 6.07) is 0. The minimum Gasteiger partial charge on any atom is -0.301 e. The van der Waals surface area contributed by atoms with Gasteiger partial charge in [-0.25, -0.2) is 0 Å². The zero-order chi connectivity index (χ0) is 7.11. The van der Waals surface area contributed by atoms with Crippen molar-refractivity contribution in [1.82, 2.24) is 5.48 Å². The molecule has 0 aromatic rings. The van der Waals surface area contributed by atoms with E-state index in [1.54, 1.807) is 0 Å². The van der Waals surface area contributed by atoms with Crippen molar-refractivity contribution in [2.24, 2.45) is 0 Å². The fourth-order valence-corrected chi connectivity index (χ4v) is 0.358. The zero-order valence-corrected chi connectivity index (χ0v) is 6.37. The number of nitrogens with one attached hydrogen (secondary N) is 1. The molecule has 0 saturated heterocycles. The molecule has 0 unspecified atom stereocenters. The fraction of sp³-hybridized carbons (Fsp3) is 0.667. The molecule has 0 atom stereocenters. The number of hydroxylamine groups is 1. The Hall–Kier alpha value is -0.0500. The lowest BCUT2D eigenvalue weighted by molar-refractivity contribution is 0.0485. The van der Waals surface area contributed by atoms with E-state index < -0.39 is 0 Å². The Morgan fingerprint density at radius 2 is 2.44 bits per heavy atom. The SMILES string of the molecule is C=C(Cl)CNOCCC. The van der Waals surface area contributed by atoms with Gasteiger partial charge >= 0.3 is 0 Å². The Morgan fingerprint density at radius 3 is 2.89 bits per heavy atom. The third-order valence-electron chi connectivity index (χ3n) is 0.672. The summed E-state index contributed by atoms with van der Waals surface area (Å²) in [5.74, 6) is 0. The fourth-order valence-electron chi connectivity index (χ4n) is 0.304. The number of hydrogen-bond donors (Lipinski definition) is 1. The first-order valence-corrected chi connectivity index (χ1v) is 3.33. The lowest BCUT2D eigenvalue weighted by Crippen LogP contribution is -2.16. The Kier molecular flexibility index (Phi) is 6.04. The summed E-state index contributed by atoms with van der Waals surface area (Å²) in [5, 5.41) is 0.561. The molecule has 0 radical (unpaired) electrons. The molecule has 0 aliphatic carbocycles. The van der Waals surface area contributed by atoms with Crippen LogP contribution in [0, 0.1) is 0 Å². The van der Waals surface area contributed by atoms with Crippen LogP contribution >= 0.6 is 11.6 Å². The van der Waals surface area contributed by atoms with Crippen LogP contribution in [-0.2, 0) is 4.84 Å². The average Bonchev–Trinajstić information content (AvgIpc) is 1.80. The first-order valence-electron chi connectivity index (χ1n) is 2.95. The first-order chi connectivity index (χ1) is 4.27. The highest BCUT2D eigenvalue weighted by atomic mass is 35.5. The van der Waals surface area contributed by atoms with Crippen molar-refractivity contribution in [3.8, 4) is 0 Å². The van der Waals surface area contributed by atoms with Crippen LogP contribution < -0.4 is 5.48 Å². The molecule has 9 heavy (non-hydrogen) atoms. The summed E-state index contributed by atoms with van der Waals surface area (Å²) in [6.07, 6.45) is 1.00. The van der Waals surface area contributed by atoms with Gasteiger partial charge in [-0.15, -0.1) is 0 Å². The monoisotopic (exact) mass is 149 g/mol. The van der Waals surface area contributed by atoms with E-state index >= 15 is 0 Å². The van der Waals surface area contributed by atoms with Crippen LogP contribution in [0.5, 0.6) is 0 Å². The predicted octanol–water partition coefficient (Wildman–Crippen LogP) is 1.67. The minimum absolute atomic E-state index is 0.515. The number of hydrogen-bond acceptors (Lipinski definition) is 2. The summed E-state index contributed by atoms with van der Waals surface area (Å²) in [5.41, 5.74) is 2.65. The van der Waals surface area contributed by atoms with E-state index in [9.17, 15) is 0 Å². The third-order valence-corrected chi connectivity index (χ3v) is 0.806. The molecule has 0 aliphatic heterocycles. The Bertz CT molecular complexity index is 85.1. The molecule has 0 bridgehead atoms. The lowest BCUT2D eigenvalue weighted by atomic mass is 10.5. The topological polar surface area (TPSA) is 21.3 Å². The van der Waals surface area contributed by atoms with Crippen molar-refractivity contribution in [3.63, 3.8) is 0 Å². The van der Waals surface area contributed by atoms with E-state index in [4.69, 9.17) is 16.4 Å². The Balaban J connectivity index is 2.83. The average molecular weight is 150 g/mol. The van der Waals surface area contributed by atoms with Gasteiger partial charge < -0.3 is 4.84 Å². The van der Waals surface area contributed by atoms with Gasteiger partial charge in [0.05, 0.1) is 13.2 Å². The van der Waals surface area contributed by atoms with Gasteiger partial charge in [0.1, 0.15) is 0 Å². The summed E-state index contributed by atoms with van der Waals surface area (Å²) in [4.78, 5) is 4.90. The van der Waals surface area contributed by atoms with E-state index in [2.05, 4.69) is 12.1 Å². The molecular weight excluding hydrogens is 138 g/mol. The van der Waals surface area contributed by atoms with Gasteiger partial charge in [0.25, 0.3) is 0 Å². The molecule has 54 valence electrons. The molecular formula is C6H12ClNO. The van der Waals surface area contributed by atoms with Crippen molar-refractivity contribution in [1.29, 1.82) is 0 Å². The maximum atomic E-state index is 5.42. The van der Waals surface area contributed by atoms with Crippen molar-refractivity contribution in [2.45, 2.75) is 13.3 Å². The second kappa shape index (κ2) is 6.08. The van der Waals surface area contributed by atoms with Gasteiger partial charge in [0.15, 0.2) is 0 Å². The Labute approximate surface area is 60.8 Å². The van der Waals surface area contributed by atoms with Gasteiger partial charge in [-0.05, 0) is 6.42 Å². The van der Waals surface area contributed by atoms with Crippen LogP contribution in [0.4, 0.5) is 0 Å². The quantitative estimate of drug-likeness (QED) is 0.474. The second-order valence-electron chi connectivity index (χ2n) is 1.69. The summed E-state index contributed by atoms with van der Waals surface area (Å²) in [7, 11) is 0. The van der Waals surface area contributed by atoms with E-state index in [0.717, 1.165) is 6.42 Å². The summed E-state index contributed by atoms with van der Waals surface area (Å²) < 4.78 is 0. The molecule has 0 saturated carbocycles. The summed E-state index contributed by atoms with van der Waals surface area (Å²) >= 11 is 5.42. The van der Waals surface area contributed by atoms with E-state index in [-0.39, 0.29) is 0 Å². The van der Waals surface area contributed by atoms with Gasteiger partial charge in [0, 0.05) is 5.03 Å². The van der Waals surface area contributed by atoms with Gasteiger partial charge in [0.2, 0.25) is 0 Å². The van der Waals surface area contributed by atoms with Gasteiger partial charge in [-0.3, -0.25) is 0 Å². The molecule has 0 fully saturated rings. The van der Waals surface area contributed by atoms with Crippen molar-refractivity contribution < 1.29 is 4.84 Å². The molecule has 0 aromatic carbocycles. The normalized spacial score (nSPS) is 9.56. The van der Waals surface area contributed by atoms with Gasteiger partial charge in [-0.1, -0.05) is 25.1 Å². The van der Waals surface area contributed by atoms with Crippen molar-refractivity contribution >= 4 is 11.6 Å². The Morgan fingerprint density at radius 1 is 1.78 bits per heavy atom. The van der Waals surface area contributed by atoms with Crippen LogP contribution in [-0.4, -0.2) is 13.2 Å². The largest absolute Gasteiger partial charge is 0.301 e. The number of halogens is 1. The van der Waals surface area contributed by atoms with E-state index in [0.29, 0.717) is 18.2 Å². The van der Waals surface area contributed by atoms with E-state index in [1.807, 2.05) is 6.92 Å². The molecule has 0 amide bonds. The van der Waals surface area contributed by atoms with Crippen LogP contribution in [0.2, 0.25) is 0 Å². The van der Waals surface area contributed by atoms with Crippen molar-refractivity contribution in [3.05, 3.63) is 11.6 Å². The van der Waals surface area contributed by atoms with Crippen LogP contribution in [0.1, 0.15) is 13.3 Å². The van der Waals surface area contributed by atoms with E-state index in [1.165, 1.54) is 0 Å². The predicted molar refractivity (Wildman–Crippen MR) is 39.2 cm³/mol. The molecule has 0 aliphatic rings. The standard InChI is InChI=1S/C6H12ClNO/c1-3-4-9-8-5-6(2)7/h8H,2-5H2,1H3. The minimum atomic E-state index is 0.515. The zero-order valence-electron chi connectivity index (χ0n) is 5.61.